The van der Waals surface area contributed by atoms with E-state index in [2.05, 4.69) is 6.92 Å². The molecule has 0 unspecified atom stereocenters. The largest absolute Gasteiger partial charge is 0.395 e. The van der Waals surface area contributed by atoms with E-state index in [0.29, 0.717) is 13.1 Å². The zero-order chi connectivity index (χ0) is 15.9. The normalized spacial score (nSPS) is 11.1. The van der Waals surface area contributed by atoms with Gasteiger partial charge in [0.1, 0.15) is 0 Å². The third-order valence-corrected chi connectivity index (χ3v) is 4.02. The molecule has 0 aliphatic carbocycles. The first-order valence-electron chi connectivity index (χ1n) is 8.31. The van der Waals surface area contributed by atoms with Gasteiger partial charge >= 0.3 is 0 Å². The van der Waals surface area contributed by atoms with Crippen LogP contribution in [0.1, 0.15) is 71.1 Å². The summed E-state index contributed by atoms with van der Waals surface area (Å²) in [5.74, 6) is -0.302. The molecule has 0 spiro atoms. The fourth-order valence-corrected chi connectivity index (χ4v) is 2.66. The zero-order valence-corrected chi connectivity index (χ0v) is 14.8. The number of carbonyl (C=O) groups excluding carboxylic acids is 1. The summed E-state index contributed by atoms with van der Waals surface area (Å²) in [6.45, 7) is 3.13. The Bertz CT molecular complexity index is 250. The Kier molecular flexibility index (Phi) is 14.9. The molecule has 0 aromatic carbocycles. The number of aliphatic hydroxyl groups excluding tert-OH is 1. The molecule has 0 saturated heterocycles. The van der Waals surface area contributed by atoms with Crippen molar-refractivity contribution in [1.29, 1.82) is 0 Å². The van der Waals surface area contributed by atoms with Gasteiger partial charge in [-0.1, -0.05) is 87.9 Å². The first-order chi connectivity index (χ1) is 10.1. The molecule has 0 rings (SSSR count). The predicted octanol–water partition coefficient (Wildman–Crippen LogP) is 4.53. The van der Waals surface area contributed by atoms with Gasteiger partial charge in [-0.3, -0.25) is 4.79 Å². The lowest BCUT2D eigenvalue weighted by Crippen LogP contribution is -2.37. The van der Waals surface area contributed by atoms with Crippen LogP contribution < -0.4 is 0 Å². The molecule has 0 fully saturated rings. The molecule has 0 aromatic rings. The predicted molar refractivity (Wildman–Crippen MR) is 91.0 cm³/mol. The summed E-state index contributed by atoms with van der Waals surface area (Å²) in [6.07, 6.45) is 12.6. The lowest BCUT2D eigenvalue weighted by molar-refractivity contribution is -0.129. The maximum absolute atomic E-state index is 11.7. The number of amides is 1. The third-order valence-electron chi connectivity index (χ3n) is 3.65. The molecule has 0 aliphatic rings. The number of alkyl halides is 2. The monoisotopic (exact) mass is 339 g/mol. The van der Waals surface area contributed by atoms with Crippen molar-refractivity contribution in [2.45, 2.75) is 76.0 Å². The Balaban J connectivity index is 3.52. The Morgan fingerprint density at radius 3 is 1.81 bits per heavy atom. The number of rotatable bonds is 14. The van der Waals surface area contributed by atoms with E-state index in [9.17, 15) is 4.79 Å². The van der Waals surface area contributed by atoms with Crippen LogP contribution in [0.2, 0.25) is 0 Å². The Morgan fingerprint density at radius 1 is 0.905 bits per heavy atom. The summed E-state index contributed by atoms with van der Waals surface area (Å²) >= 11 is 11.2. The number of nitrogens with zero attached hydrogens (tertiary/aromatic N) is 1. The molecule has 0 aliphatic heterocycles. The smallest absolute Gasteiger partial charge is 0.255 e. The maximum Gasteiger partial charge on any atom is 0.255 e. The van der Waals surface area contributed by atoms with Gasteiger partial charge < -0.3 is 10.0 Å². The number of carbonyl (C=O) groups is 1. The van der Waals surface area contributed by atoms with Gasteiger partial charge in [0.2, 0.25) is 0 Å². The Morgan fingerprint density at radius 2 is 1.38 bits per heavy atom. The van der Waals surface area contributed by atoms with Crippen molar-refractivity contribution in [2.24, 2.45) is 0 Å². The molecule has 0 saturated carbocycles. The second-order valence-corrected chi connectivity index (χ2v) is 6.63. The average Bonchev–Trinajstić information content (AvgIpc) is 2.47. The van der Waals surface area contributed by atoms with Crippen LogP contribution in [0.5, 0.6) is 0 Å². The third kappa shape index (κ3) is 12.3. The van der Waals surface area contributed by atoms with E-state index in [0.717, 1.165) is 12.8 Å². The van der Waals surface area contributed by atoms with Gasteiger partial charge in [0.05, 0.1) is 6.61 Å². The molecule has 1 amide bonds. The van der Waals surface area contributed by atoms with Crippen LogP contribution in [-0.2, 0) is 4.79 Å². The van der Waals surface area contributed by atoms with Gasteiger partial charge in [-0.25, -0.2) is 0 Å². The molecule has 0 aromatic heterocycles. The van der Waals surface area contributed by atoms with Gasteiger partial charge in [0, 0.05) is 13.1 Å². The number of unbranched alkanes of at least 4 members (excludes halogenated alkanes) is 9. The minimum absolute atomic E-state index is 0.0516. The van der Waals surface area contributed by atoms with Crippen LogP contribution in [0.15, 0.2) is 0 Å². The van der Waals surface area contributed by atoms with Crippen LogP contribution in [0, 0.1) is 0 Å². The van der Waals surface area contributed by atoms with Crippen molar-refractivity contribution in [3.63, 3.8) is 0 Å². The van der Waals surface area contributed by atoms with Crippen molar-refractivity contribution in [3.05, 3.63) is 0 Å². The second kappa shape index (κ2) is 14.9. The van der Waals surface area contributed by atoms with E-state index in [-0.39, 0.29) is 12.5 Å². The van der Waals surface area contributed by atoms with Gasteiger partial charge in [0.25, 0.3) is 5.91 Å². The van der Waals surface area contributed by atoms with E-state index < -0.39 is 4.84 Å². The summed E-state index contributed by atoms with van der Waals surface area (Å²) in [7, 11) is 0. The van der Waals surface area contributed by atoms with Gasteiger partial charge in [-0.15, -0.1) is 0 Å². The minimum atomic E-state index is -1.03. The van der Waals surface area contributed by atoms with Crippen molar-refractivity contribution in [3.8, 4) is 0 Å². The quantitative estimate of drug-likeness (QED) is 0.373. The highest BCUT2D eigenvalue weighted by Gasteiger charge is 2.19. The number of hydrogen-bond donors (Lipinski definition) is 1. The first kappa shape index (κ1) is 21.0. The Hall–Kier alpha value is 0.01000. The van der Waals surface area contributed by atoms with E-state index in [1.165, 1.54) is 51.4 Å². The van der Waals surface area contributed by atoms with Gasteiger partial charge in [0.15, 0.2) is 4.84 Å². The summed E-state index contributed by atoms with van der Waals surface area (Å²) in [6, 6.07) is 0. The van der Waals surface area contributed by atoms with Gasteiger partial charge in [-0.2, -0.15) is 0 Å². The highest BCUT2D eigenvalue weighted by molar-refractivity contribution is 6.53. The summed E-state index contributed by atoms with van der Waals surface area (Å²) in [5.41, 5.74) is 0. The number of aliphatic hydroxyl groups is 1. The van der Waals surface area contributed by atoms with Crippen molar-refractivity contribution in [2.75, 3.05) is 19.7 Å². The van der Waals surface area contributed by atoms with E-state index in [1.54, 1.807) is 4.90 Å². The topological polar surface area (TPSA) is 40.5 Å². The van der Waals surface area contributed by atoms with Crippen molar-refractivity contribution >= 4 is 29.1 Å². The van der Waals surface area contributed by atoms with Crippen LogP contribution >= 0.6 is 23.2 Å². The first-order valence-corrected chi connectivity index (χ1v) is 9.18. The highest BCUT2D eigenvalue weighted by Crippen LogP contribution is 2.12. The molecule has 0 bridgehead atoms. The number of halogens is 2. The van der Waals surface area contributed by atoms with E-state index >= 15 is 0 Å². The highest BCUT2D eigenvalue weighted by atomic mass is 35.5. The van der Waals surface area contributed by atoms with Crippen LogP contribution in [0.25, 0.3) is 0 Å². The molecule has 3 nitrogen and oxygen atoms in total. The van der Waals surface area contributed by atoms with Gasteiger partial charge in [-0.05, 0) is 6.42 Å². The molecular weight excluding hydrogens is 309 g/mol. The van der Waals surface area contributed by atoms with Crippen LogP contribution in [0.3, 0.4) is 0 Å². The summed E-state index contributed by atoms with van der Waals surface area (Å²) in [4.78, 5) is 12.2. The zero-order valence-electron chi connectivity index (χ0n) is 13.3. The minimum Gasteiger partial charge on any atom is -0.395 e. The lowest BCUT2D eigenvalue weighted by atomic mass is 10.1. The fourth-order valence-electron chi connectivity index (χ4n) is 2.38. The lowest BCUT2D eigenvalue weighted by Gasteiger charge is -2.22. The summed E-state index contributed by atoms with van der Waals surface area (Å²) in [5, 5.41) is 8.95. The van der Waals surface area contributed by atoms with E-state index in [4.69, 9.17) is 28.3 Å². The average molecular weight is 340 g/mol. The molecule has 5 heteroatoms. The molecule has 126 valence electrons. The molecule has 21 heavy (non-hydrogen) atoms. The standard InChI is InChI=1S/C16H31Cl2NO2/c1-2-3-4-5-6-7-8-9-10-11-12-19(13-14-20)16(21)15(17)18/h15,20H,2-14H2,1H3. The van der Waals surface area contributed by atoms with Crippen LogP contribution in [-0.4, -0.2) is 40.4 Å². The maximum atomic E-state index is 11.7. The molecule has 0 heterocycles. The number of hydrogen-bond acceptors (Lipinski definition) is 2. The van der Waals surface area contributed by atoms with E-state index in [1.807, 2.05) is 0 Å². The molecule has 0 atom stereocenters. The SMILES string of the molecule is CCCCCCCCCCCCN(CCO)C(=O)C(Cl)Cl. The Labute approximate surface area is 140 Å². The molecule has 0 radical (unpaired) electrons. The second-order valence-electron chi connectivity index (χ2n) is 5.53. The molecular formula is C16H31Cl2NO2. The fraction of sp³-hybridized carbons (Fsp3) is 0.938. The van der Waals surface area contributed by atoms with Crippen molar-refractivity contribution in [1.82, 2.24) is 4.90 Å². The summed E-state index contributed by atoms with van der Waals surface area (Å²) < 4.78 is 0. The van der Waals surface area contributed by atoms with Crippen molar-refractivity contribution < 1.29 is 9.90 Å². The molecule has 1 N–H and O–H groups in total. The van der Waals surface area contributed by atoms with Crippen LogP contribution in [0.4, 0.5) is 0 Å².